The van der Waals surface area contributed by atoms with Gasteiger partial charge in [-0.2, -0.15) is 0 Å². The van der Waals surface area contributed by atoms with Crippen molar-refractivity contribution < 1.29 is 23.6 Å². The van der Waals surface area contributed by atoms with Crippen LogP contribution in [0, 0.1) is 0 Å². The van der Waals surface area contributed by atoms with Crippen molar-refractivity contribution in [3.8, 4) is 11.3 Å². The maximum atomic E-state index is 12.2. The van der Waals surface area contributed by atoms with Crippen molar-refractivity contribution in [2.75, 3.05) is 13.2 Å². The Kier molecular flexibility index (Phi) is 5.16. The third-order valence-electron chi connectivity index (χ3n) is 2.76. The molecule has 116 valence electrons. The molecule has 2 rings (SSSR count). The number of hydrogen-bond acceptors (Lipinski definition) is 6. The summed E-state index contributed by atoms with van der Waals surface area (Å²) in [6.07, 6.45) is 0. The van der Waals surface area contributed by atoms with E-state index in [9.17, 15) is 9.59 Å². The zero-order valence-electron chi connectivity index (χ0n) is 12.1. The normalized spacial score (nSPS) is 10.3. The molecule has 0 spiro atoms. The number of halogens is 1. The van der Waals surface area contributed by atoms with Gasteiger partial charge in [0.2, 0.25) is 0 Å². The lowest BCUT2D eigenvalue weighted by Crippen LogP contribution is -2.13. The van der Waals surface area contributed by atoms with Crippen LogP contribution in [0.4, 0.5) is 0 Å². The summed E-state index contributed by atoms with van der Waals surface area (Å²) < 4.78 is 14.8. The Labute approximate surface area is 131 Å². The monoisotopic (exact) mass is 323 g/mol. The molecule has 6 nitrogen and oxygen atoms in total. The van der Waals surface area contributed by atoms with Crippen molar-refractivity contribution in [1.29, 1.82) is 0 Å². The molecule has 1 heterocycles. The maximum Gasteiger partial charge on any atom is 0.378 e. The topological polar surface area (TPSA) is 78.6 Å². The largest absolute Gasteiger partial charge is 0.462 e. The summed E-state index contributed by atoms with van der Waals surface area (Å²) in [5.74, 6) is -1.80. The minimum atomic E-state index is -0.781. The van der Waals surface area contributed by atoms with Gasteiger partial charge in [0.05, 0.1) is 18.2 Å². The second-order valence-corrected chi connectivity index (χ2v) is 4.56. The van der Waals surface area contributed by atoms with Crippen LogP contribution in [-0.2, 0) is 9.47 Å². The lowest BCUT2D eigenvalue weighted by atomic mass is 10.1. The van der Waals surface area contributed by atoms with Crippen molar-refractivity contribution in [2.45, 2.75) is 13.8 Å². The van der Waals surface area contributed by atoms with Gasteiger partial charge >= 0.3 is 11.9 Å². The van der Waals surface area contributed by atoms with Gasteiger partial charge in [-0.1, -0.05) is 35.0 Å². The fraction of sp³-hybridized carbons (Fsp3) is 0.267. The molecule has 0 unspecified atom stereocenters. The predicted molar refractivity (Wildman–Crippen MR) is 78.9 cm³/mol. The smallest absolute Gasteiger partial charge is 0.378 e. The number of ether oxygens (including phenoxy) is 2. The fourth-order valence-electron chi connectivity index (χ4n) is 1.86. The van der Waals surface area contributed by atoms with Crippen LogP contribution in [0.3, 0.4) is 0 Å². The van der Waals surface area contributed by atoms with Gasteiger partial charge < -0.3 is 14.0 Å². The van der Waals surface area contributed by atoms with Crippen LogP contribution in [0.15, 0.2) is 28.8 Å². The van der Waals surface area contributed by atoms with Gasteiger partial charge in [0.1, 0.15) is 11.3 Å². The van der Waals surface area contributed by atoms with Gasteiger partial charge in [0.15, 0.2) is 0 Å². The first kappa shape index (κ1) is 16.0. The summed E-state index contributed by atoms with van der Waals surface area (Å²) >= 11 is 6.11. The molecular weight excluding hydrogens is 310 g/mol. The summed E-state index contributed by atoms with van der Waals surface area (Å²) in [5, 5.41) is 4.16. The second-order valence-electron chi connectivity index (χ2n) is 4.16. The second kappa shape index (κ2) is 7.09. The van der Waals surface area contributed by atoms with Crippen LogP contribution in [0.2, 0.25) is 5.02 Å². The highest BCUT2D eigenvalue weighted by Crippen LogP contribution is 2.32. The minimum Gasteiger partial charge on any atom is -0.462 e. The van der Waals surface area contributed by atoms with Crippen LogP contribution >= 0.6 is 11.6 Å². The summed E-state index contributed by atoms with van der Waals surface area (Å²) in [4.78, 5) is 24.1. The first-order chi connectivity index (χ1) is 10.6. The molecule has 22 heavy (non-hydrogen) atoms. The van der Waals surface area contributed by atoms with Gasteiger partial charge in [-0.25, -0.2) is 9.59 Å². The first-order valence-corrected chi connectivity index (χ1v) is 7.06. The highest BCUT2D eigenvalue weighted by Gasteiger charge is 2.31. The molecule has 2 aromatic rings. The molecule has 1 aromatic heterocycles. The van der Waals surface area contributed by atoms with Crippen molar-refractivity contribution in [2.24, 2.45) is 0 Å². The van der Waals surface area contributed by atoms with E-state index in [1.165, 1.54) is 0 Å². The Bertz CT molecular complexity index is 695. The maximum absolute atomic E-state index is 12.2. The van der Waals surface area contributed by atoms with Crippen LogP contribution in [-0.4, -0.2) is 30.3 Å². The van der Waals surface area contributed by atoms with Gasteiger partial charge in [-0.3, -0.25) is 0 Å². The Hall–Kier alpha value is -2.34. The highest BCUT2D eigenvalue weighted by molar-refractivity contribution is 6.33. The Morgan fingerprint density at radius 2 is 1.77 bits per heavy atom. The number of aromatic nitrogens is 1. The number of rotatable bonds is 5. The number of hydrogen-bond donors (Lipinski definition) is 0. The van der Waals surface area contributed by atoms with Crippen molar-refractivity contribution in [3.63, 3.8) is 0 Å². The standard InChI is InChI=1S/C15H14ClNO5/c1-3-20-14(18)11-12(9-7-5-6-8-10(9)16)17-22-13(11)15(19)21-4-2/h5-8H,3-4H2,1-2H3. The third-order valence-corrected chi connectivity index (χ3v) is 3.09. The molecule has 0 aliphatic rings. The van der Waals surface area contributed by atoms with Crippen LogP contribution in [0.5, 0.6) is 0 Å². The minimum absolute atomic E-state index is 0.0894. The summed E-state index contributed by atoms with van der Waals surface area (Å²) in [6.45, 7) is 3.59. The Morgan fingerprint density at radius 3 is 2.41 bits per heavy atom. The number of carbonyl (C=O) groups is 2. The molecule has 0 saturated heterocycles. The van der Waals surface area contributed by atoms with E-state index in [1.54, 1.807) is 38.1 Å². The molecule has 0 aliphatic carbocycles. The summed E-state index contributed by atoms with van der Waals surface area (Å²) in [5.41, 5.74) is 0.520. The molecule has 7 heteroatoms. The average Bonchev–Trinajstić information content (AvgIpc) is 2.93. The molecular formula is C15H14ClNO5. The third kappa shape index (κ3) is 3.12. The zero-order chi connectivity index (χ0) is 16.1. The van der Waals surface area contributed by atoms with E-state index in [0.717, 1.165) is 0 Å². The summed E-state index contributed by atoms with van der Waals surface area (Å²) in [6, 6.07) is 6.78. The predicted octanol–water partition coefficient (Wildman–Crippen LogP) is 3.35. The van der Waals surface area contributed by atoms with E-state index < -0.39 is 11.9 Å². The first-order valence-electron chi connectivity index (χ1n) is 6.68. The molecule has 0 bridgehead atoms. The number of carbonyl (C=O) groups excluding carboxylic acids is 2. The van der Waals surface area contributed by atoms with Gasteiger partial charge in [-0.15, -0.1) is 0 Å². The summed E-state index contributed by atoms with van der Waals surface area (Å²) in [7, 11) is 0. The van der Waals surface area contributed by atoms with E-state index in [2.05, 4.69) is 5.16 Å². The van der Waals surface area contributed by atoms with Crippen LogP contribution in [0.1, 0.15) is 34.8 Å². The molecule has 0 fully saturated rings. The van der Waals surface area contributed by atoms with Gasteiger partial charge in [0, 0.05) is 5.56 Å². The van der Waals surface area contributed by atoms with Crippen LogP contribution < -0.4 is 0 Å². The van der Waals surface area contributed by atoms with E-state index in [4.69, 9.17) is 25.6 Å². The highest BCUT2D eigenvalue weighted by atomic mass is 35.5. The molecule has 0 aliphatic heterocycles. The van der Waals surface area contributed by atoms with E-state index in [0.29, 0.717) is 10.6 Å². The van der Waals surface area contributed by atoms with Crippen molar-refractivity contribution in [3.05, 3.63) is 40.6 Å². The van der Waals surface area contributed by atoms with E-state index in [-0.39, 0.29) is 30.2 Å². The molecule has 0 radical (unpaired) electrons. The fourth-order valence-corrected chi connectivity index (χ4v) is 2.08. The number of nitrogens with zero attached hydrogens (tertiary/aromatic N) is 1. The SMILES string of the molecule is CCOC(=O)c1onc(-c2ccccc2Cl)c1C(=O)OCC. The Balaban J connectivity index is 2.58. The number of benzene rings is 1. The van der Waals surface area contributed by atoms with E-state index >= 15 is 0 Å². The molecule has 0 amide bonds. The number of esters is 2. The van der Waals surface area contributed by atoms with Crippen LogP contribution in [0.25, 0.3) is 11.3 Å². The average molecular weight is 324 g/mol. The van der Waals surface area contributed by atoms with Gasteiger partial charge in [0.25, 0.3) is 5.76 Å². The zero-order valence-corrected chi connectivity index (χ0v) is 12.8. The van der Waals surface area contributed by atoms with Crippen molar-refractivity contribution in [1.82, 2.24) is 5.16 Å². The lowest BCUT2D eigenvalue weighted by molar-refractivity contribution is 0.0445. The molecule has 0 atom stereocenters. The molecule has 0 saturated carbocycles. The quantitative estimate of drug-likeness (QED) is 0.785. The molecule has 1 aromatic carbocycles. The molecule has 0 N–H and O–H groups in total. The van der Waals surface area contributed by atoms with E-state index in [1.807, 2.05) is 0 Å². The van der Waals surface area contributed by atoms with Crippen molar-refractivity contribution >= 4 is 23.5 Å². The lowest BCUT2D eigenvalue weighted by Gasteiger charge is -2.05. The Morgan fingerprint density at radius 1 is 1.14 bits per heavy atom. The van der Waals surface area contributed by atoms with Gasteiger partial charge in [-0.05, 0) is 19.9 Å².